The van der Waals surface area contributed by atoms with Gasteiger partial charge in [-0.1, -0.05) is 30.3 Å². The maximum atomic E-state index is 12.2. The van der Waals surface area contributed by atoms with Crippen LogP contribution in [0.15, 0.2) is 46.6 Å². The Balaban J connectivity index is 2.56. The smallest absolute Gasteiger partial charge is 0.336 e. The molecule has 1 aromatic carbocycles. The molecular formula is C17H21NO3. The molecule has 0 fully saturated rings. The van der Waals surface area contributed by atoms with Gasteiger partial charge in [-0.05, 0) is 19.4 Å². The van der Waals surface area contributed by atoms with Gasteiger partial charge in [0.15, 0.2) is 0 Å². The Morgan fingerprint density at radius 2 is 1.86 bits per heavy atom. The first-order valence-corrected chi connectivity index (χ1v) is 6.98. The summed E-state index contributed by atoms with van der Waals surface area (Å²) >= 11 is 0. The number of hydrogen-bond donors (Lipinski definition) is 0. The Hall–Kier alpha value is -1.94. The number of nitrogens with zero attached hydrogens (tertiary/aromatic N) is 1. The molecule has 0 bridgehead atoms. The van der Waals surface area contributed by atoms with Crippen molar-refractivity contribution in [2.75, 3.05) is 20.8 Å². The number of carbonyl (C=O) groups is 1. The van der Waals surface area contributed by atoms with E-state index in [0.29, 0.717) is 12.2 Å². The minimum absolute atomic E-state index is 0.0372. The summed E-state index contributed by atoms with van der Waals surface area (Å²) in [5.74, 6) is -0.370. The van der Waals surface area contributed by atoms with E-state index in [2.05, 4.69) is 4.99 Å². The highest BCUT2D eigenvalue weighted by molar-refractivity contribution is 5.97. The van der Waals surface area contributed by atoms with E-state index in [9.17, 15) is 4.79 Å². The Morgan fingerprint density at radius 3 is 2.43 bits per heavy atom. The number of rotatable bonds is 4. The van der Waals surface area contributed by atoms with Crippen LogP contribution in [-0.2, 0) is 14.3 Å². The predicted molar refractivity (Wildman–Crippen MR) is 82.4 cm³/mol. The minimum atomic E-state index is -0.321. The van der Waals surface area contributed by atoms with Gasteiger partial charge < -0.3 is 9.47 Å². The van der Waals surface area contributed by atoms with Gasteiger partial charge >= 0.3 is 5.97 Å². The monoisotopic (exact) mass is 287 g/mol. The first-order chi connectivity index (χ1) is 10.1. The molecule has 21 heavy (non-hydrogen) atoms. The Kier molecular flexibility index (Phi) is 4.91. The molecule has 2 atom stereocenters. The molecule has 0 saturated heterocycles. The lowest BCUT2D eigenvalue weighted by molar-refractivity contribution is -0.136. The van der Waals surface area contributed by atoms with E-state index in [1.54, 1.807) is 7.11 Å². The summed E-state index contributed by atoms with van der Waals surface area (Å²) < 4.78 is 10.3. The molecule has 0 aromatic heterocycles. The van der Waals surface area contributed by atoms with Crippen molar-refractivity contribution >= 4 is 11.7 Å². The van der Waals surface area contributed by atoms with Crippen molar-refractivity contribution in [1.82, 2.24) is 0 Å². The zero-order valence-corrected chi connectivity index (χ0v) is 12.9. The fourth-order valence-corrected chi connectivity index (χ4v) is 2.92. The van der Waals surface area contributed by atoms with Gasteiger partial charge in [0.1, 0.15) is 0 Å². The van der Waals surface area contributed by atoms with Crippen LogP contribution in [0.5, 0.6) is 0 Å². The average molecular weight is 287 g/mol. The average Bonchev–Trinajstić information content (AvgIpc) is 2.49. The standard InChI is InChI=1S/C17H21NO3/c1-11-14(10-20-3)16(13-8-6-5-7-9-13)15(12(2)18-11)17(19)21-4/h5-9,14,16H,10H2,1-4H3. The van der Waals surface area contributed by atoms with Gasteiger partial charge in [0, 0.05) is 30.4 Å². The third-order valence-corrected chi connectivity index (χ3v) is 3.89. The van der Waals surface area contributed by atoms with Crippen LogP contribution in [0.25, 0.3) is 0 Å². The van der Waals surface area contributed by atoms with Crippen LogP contribution in [-0.4, -0.2) is 32.5 Å². The van der Waals surface area contributed by atoms with Gasteiger partial charge in [0.2, 0.25) is 0 Å². The number of esters is 1. The van der Waals surface area contributed by atoms with E-state index < -0.39 is 0 Å². The van der Waals surface area contributed by atoms with Crippen molar-refractivity contribution in [3.63, 3.8) is 0 Å². The van der Waals surface area contributed by atoms with Gasteiger partial charge in [-0.3, -0.25) is 4.99 Å². The molecule has 2 unspecified atom stereocenters. The second-order valence-corrected chi connectivity index (χ2v) is 5.19. The second kappa shape index (κ2) is 6.68. The number of allylic oxidation sites excluding steroid dienone is 1. The summed E-state index contributed by atoms with van der Waals surface area (Å²) in [7, 11) is 3.07. The van der Waals surface area contributed by atoms with Crippen molar-refractivity contribution in [3.05, 3.63) is 47.2 Å². The lowest BCUT2D eigenvalue weighted by Crippen LogP contribution is -2.32. The normalized spacial score (nSPS) is 22.0. The molecule has 0 amide bonds. The Bertz CT molecular complexity index is 575. The first kappa shape index (κ1) is 15.4. The van der Waals surface area contributed by atoms with Crippen LogP contribution in [0.4, 0.5) is 0 Å². The number of aliphatic imine (C=N–C) groups is 1. The molecule has 0 saturated carbocycles. The maximum Gasteiger partial charge on any atom is 0.336 e. The Morgan fingerprint density at radius 1 is 1.19 bits per heavy atom. The molecule has 1 aliphatic heterocycles. The molecule has 1 aromatic rings. The van der Waals surface area contributed by atoms with Crippen molar-refractivity contribution in [1.29, 1.82) is 0 Å². The molecule has 0 N–H and O–H groups in total. The molecule has 0 spiro atoms. The highest BCUT2D eigenvalue weighted by Crippen LogP contribution is 2.39. The Labute approximate surface area is 125 Å². The second-order valence-electron chi connectivity index (χ2n) is 5.19. The van der Waals surface area contributed by atoms with Crippen LogP contribution < -0.4 is 0 Å². The largest absolute Gasteiger partial charge is 0.466 e. The fourth-order valence-electron chi connectivity index (χ4n) is 2.92. The van der Waals surface area contributed by atoms with Crippen molar-refractivity contribution in [3.8, 4) is 0 Å². The summed E-state index contributed by atoms with van der Waals surface area (Å²) in [6.45, 7) is 4.36. The maximum absolute atomic E-state index is 12.2. The molecule has 1 heterocycles. The van der Waals surface area contributed by atoms with Crippen molar-refractivity contribution < 1.29 is 14.3 Å². The number of methoxy groups -OCH3 is 2. The van der Waals surface area contributed by atoms with Crippen LogP contribution in [0, 0.1) is 5.92 Å². The number of carbonyl (C=O) groups excluding carboxylic acids is 1. The molecular weight excluding hydrogens is 266 g/mol. The number of hydrogen-bond acceptors (Lipinski definition) is 4. The SMILES string of the molecule is COCC1C(C)=NC(C)=C(C(=O)OC)C1c1ccccc1. The van der Waals surface area contributed by atoms with Gasteiger partial charge in [-0.25, -0.2) is 4.79 Å². The fraction of sp³-hybridized carbons (Fsp3) is 0.412. The topological polar surface area (TPSA) is 47.9 Å². The van der Waals surface area contributed by atoms with Gasteiger partial charge in [0.05, 0.1) is 19.3 Å². The predicted octanol–water partition coefficient (Wildman–Crippen LogP) is 2.95. The van der Waals surface area contributed by atoms with Crippen LogP contribution in [0.2, 0.25) is 0 Å². The van der Waals surface area contributed by atoms with Crippen LogP contribution in [0.3, 0.4) is 0 Å². The van der Waals surface area contributed by atoms with Crippen LogP contribution >= 0.6 is 0 Å². The van der Waals surface area contributed by atoms with E-state index >= 15 is 0 Å². The van der Waals surface area contributed by atoms with Gasteiger partial charge in [-0.15, -0.1) is 0 Å². The first-order valence-electron chi connectivity index (χ1n) is 6.98. The van der Waals surface area contributed by atoms with E-state index in [-0.39, 0.29) is 17.8 Å². The summed E-state index contributed by atoms with van der Waals surface area (Å²) in [5.41, 5.74) is 3.40. The summed E-state index contributed by atoms with van der Waals surface area (Å²) in [4.78, 5) is 16.8. The molecule has 112 valence electrons. The molecule has 0 aliphatic carbocycles. The van der Waals surface area contributed by atoms with E-state index in [1.807, 2.05) is 44.2 Å². The summed E-state index contributed by atoms with van der Waals surface area (Å²) in [6, 6.07) is 9.98. The summed E-state index contributed by atoms with van der Waals surface area (Å²) in [5, 5.41) is 0. The molecule has 2 rings (SSSR count). The lowest BCUT2D eigenvalue weighted by Gasteiger charge is -2.32. The van der Waals surface area contributed by atoms with Crippen molar-refractivity contribution in [2.45, 2.75) is 19.8 Å². The minimum Gasteiger partial charge on any atom is -0.466 e. The quantitative estimate of drug-likeness (QED) is 0.800. The molecule has 4 heteroatoms. The van der Waals surface area contributed by atoms with Crippen LogP contribution in [0.1, 0.15) is 25.3 Å². The van der Waals surface area contributed by atoms with Gasteiger partial charge in [0.25, 0.3) is 0 Å². The van der Waals surface area contributed by atoms with E-state index in [0.717, 1.165) is 17.0 Å². The van der Waals surface area contributed by atoms with E-state index in [4.69, 9.17) is 9.47 Å². The highest BCUT2D eigenvalue weighted by atomic mass is 16.5. The zero-order chi connectivity index (χ0) is 15.4. The van der Waals surface area contributed by atoms with E-state index in [1.165, 1.54) is 7.11 Å². The molecule has 4 nitrogen and oxygen atoms in total. The molecule has 0 radical (unpaired) electrons. The lowest BCUT2D eigenvalue weighted by atomic mass is 9.76. The highest BCUT2D eigenvalue weighted by Gasteiger charge is 2.37. The number of benzene rings is 1. The number of ether oxygens (including phenoxy) is 2. The van der Waals surface area contributed by atoms with Crippen molar-refractivity contribution in [2.24, 2.45) is 10.9 Å². The zero-order valence-electron chi connectivity index (χ0n) is 12.9. The third-order valence-electron chi connectivity index (χ3n) is 3.89. The van der Waals surface area contributed by atoms with Gasteiger partial charge in [-0.2, -0.15) is 0 Å². The molecule has 1 aliphatic rings. The third kappa shape index (κ3) is 3.05. The summed E-state index contributed by atoms with van der Waals surface area (Å²) in [6.07, 6.45) is 0.